The van der Waals surface area contributed by atoms with Crippen molar-refractivity contribution in [2.24, 2.45) is 7.05 Å². The molecular formula is C20H25N5O2. The number of rotatable bonds is 5. The van der Waals surface area contributed by atoms with Gasteiger partial charge in [0.25, 0.3) is 5.56 Å². The first kappa shape index (κ1) is 17.7. The molecule has 1 aliphatic carbocycles. The highest BCUT2D eigenvalue weighted by molar-refractivity contribution is 5.72. The zero-order valence-corrected chi connectivity index (χ0v) is 15.8. The Hall–Kier alpha value is -2.67. The maximum Gasteiger partial charge on any atom is 0.280 e. The van der Waals surface area contributed by atoms with Crippen LogP contribution in [0.4, 0.5) is 5.95 Å². The number of benzene rings is 1. The molecule has 142 valence electrons. The van der Waals surface area contributed by atoms with E-state index in [0.717, 1.165) is 37.1 Å². The summed E-state index contributed by atoms with van der Waals surface area (Å²) < 4.78 is 3.45. The molecular weight excluding hydrogens is 342 g/mol. The van der Waals surface area contributed by atoms with Gasteiger partial charge in [-0.2, -0.15) is 4.98 Å². The van der Waals surface area contributed by atoms with Crippen molar-refractivity contribution >= 4 is 17.1 Å². The number of fused-ring (bicyclic) bond motifs is 1. The molecule has 2 N–H and O–H groups in total. The zero-order valence-electron chi connectivity index (χ0n) is 15.8. The van der Waals surface area contributed by atoms with Crippen LogP contribution in [-0.2, 0) is 13.6 Å². The maximum absolute atomic E-state index is 13.1. The van der Waals surface area contributed by atoms with Crippen LogP contribution in [0.25, 0.3) is 11.2 Å². The van der Waals surface area contributed by atoms with Gasteiger partial charge in [0.15, 0.2) is 11.2 Å². The first-order valence-electron chi connectivity index (χ1n) is 9.40. The Bertz CT molecular complexity index is 1020. The van der Waals surface area contributed by atoms with Gasteiger partial charge < -0.3 is 15.0 Å². The molecule has 2 heterocycles. The van der Waals surface area contributed by atoms with Crippen molar-refractivity contribution in [3.63, 3.8) is 0 Å². The third-order valence-corrected chi connectivity index (χ3v) is 5.60. The summed E-state index contributed by atoms with van der Waals surface area (Å²) in [5.41, 5.74) is 1.53. The summed E-state index contributed by atoms with van der Waals surface area (Å²) in [7, 11) is 1.71. The number of imidazole rings is 1. The first-order valence-corrected chi connectivity index (χ1v) is 9.40. The van der Waals surface area contributed by atoms with Crippen LogP contribution in [0.2, 0.25) is 0 Å². The Morgan fingerprint density at radius 2 is 1.89 bits per heavy atom. The number of hydrogen-bond acceptors (Lipinski definition) is 5. The van der Waals surface area contributed by atoms with Crippen LogP contribution in [0.5, 0.6) is 0 Å². The summed E-state index contributed by atoms with van der Waals surface area (Å²) in [4.78, 5) is 22.3. The molecule has 4 rings (SSSR count). The van der Waals surface area contributed by atoms with E-state index >= 15 is 0 Å². The topological polar surface area (TPSA) is 85.0 Å². The Kier molecular flexibility index (Phi) is 4.47. The number of nitrogens with zero attached hydrogens (tertiary/aromatic N) is 4. The lowest BCUT2D eigenvalue weighted by molar-refractivity contribution is 0.213. The van der Waals surface area contributed by atoms with Gasteiger partial charge >= 0.3 is 0 Å². The number of anilines is 1. The minimum Gasteiger partial charge on any atom is -0.394 e. The van der Waals surface area contributed by atoms with Crippen molar-refractivity contribution in [2.75, 3.05) is 11.9 Å². The van der Waals surface area contributed by atoms with E-state index in [9.17, 15) is 9.90 Å². The van der Waals surface area contributed by atoms with Gasteiger partial charge in [0, 0.05) is 13.6 Å². The second-order valence-corrected chi connectivity index (χ2v) is 7.47. The summed E-state index contributed by atoms with van der Waals surface area (Å²) in [5, 5.41) is 13.2. The van der Waals surface area contributed by atoms with Crippen molar-refractivity contribution in [2.45, 2.75) is 44.7 Å². The lowest BCUT2D eigenvalue weighted by Crippen LogP contribution is -2.41. The predicted octanol–water partition coefficient (Wildman–Crippen LogP) is 2.20. The quantitative estimate of drug-likeness (QED) is 0.722. The molecule has 0 atom stereocenters. The van der Waals surface area contributed by atoms with Crippen LogP contribution in [-0.4, -0.2) is 36.4 Å². The number of aliphatic hydroxyl groups is 1. The second kappa shape index (κ2) is 6.81. The number of aryl methyl sites for hydroxylation is 1. The third-order valence-electron chi connectivity index (χ3n) is 5.60. The monoisotopic (exact) mass is 367 g/mol. The summed E-state index contributed by atoms with van der Waals surface area (Å²) in [5.74, 6) is 1.22. The summed E-state index contributed by atoms with van der Waals surface area (Å²) >= 11 is 0. The van der Waals surface area contributed by atoms with Gasteiger partial charge in [-0.25, -0.2) is 4.98 Å². The van der Waals surface area contributed by atoms with Crippen molar-refractivity contribution < 1.29 is 5.11 Å². The molecule has 27 heavy (non-hydrogen) atoms. The molecule has 0 aliphatic heterocycles. The highest BCUT2D eigenvalue weighted by atomic mass is 16.3. The number of aliphatic hydroxyl groups excluding tert-OH is 1. The summed E-state index contributed by atoms with van der Waals surface area (Å²) in [6.45, 7) is 2.50. The maximum atomic E-state index is 13.1. The SMILES string of the molecule is Cc1nc2nc(NC3(CO)CCCC3)n(C)c(=O)c2n1Cc1ccccc1. The van der Waals surface area contributed by atoms with E-state index in [2.05, 4.69) is 15.3 Å². The van der Waals surface area contributed by atoms with E-state index in [1.807, 2.05) is 41.8 Å². The van der Waals surface area contributed by atoms with Crippen LogP contribution < -0.4 is 10.9 Å². The lowest BCUT2D eigenvalue weighted by atomic mass is 9.99. The Labute approximate surface area is 157 Å². The molecule has 0 radical (unpaired) electrons. The highest BCUT2D eigenvalue weighted by Crippen LogP contribution is 2.32. The molecule has 7 heteroatoms. The lowest BCUT2D eigenvalue weighted by Gasteiger charge is -2.29. The predicted molar refractivity (Wildman–Crippen MR) is 105 cm³/mol. The van der Waals surface area contributed by atoms with Gasteiger partial charge in [-0.15, -0.1) is 0 Å². The molecule has 0 bridgehead atoms. The molecule has 1 aromatic carbocycles. The van der Waals surface area contributed by atoms with Gasteiger partial charge in [-0.1, -0.05) is 43.2 Å². The average molecular weight is 367 g/mol. The third kappa shape index (κ3) is 3.12. The van der Waals surface area contributed by atoms with E-state index in [0.29, 0.717) is 23.7 Å². The summed E-state index contributed by atoms with van der Waals surface area (Å²) in [6.07, 6.45) is 3.88. The van der Waals surface area contributed by atoms with Crippen LogP contribution in [0.15, 0.2) is 35.1 Å². The van der Waals surface area contributed by atoms with Crippen LogP contribution in [0.3, 0.4) is 0 Å². The van der Waals surface area contributed by atoms with Crippen molar-refractivity contribution in [1.82, 2.24) is 19.1 Å². The van der Waals surface area contributed by atoms with Crippen molar-refractivity contribution in [1.29, 1.82) is 0 Å². The minimum atomic E-state index is -0.396. The fourth-order valence-corrected chi connectivity index (χ4v) is 3.95. The molecule has 1 fully saturated rings. The van der Waals surface area contributed by atoms with Crippen LogP contribution in [0.1, 0.15) is 37.1 Å². The standard InChI is InChI=1S/C20H25N5O2/c1-14-21-17-16(25(14)12-15-8-4-3-5-9-15)18(27)24(2)19(22-17)23-20(13-26)10-6-7-11-20/h3-5,8-9,26H,6-7,10-13H2,1-2H3,(H,22,23). The molecule has 7 nitrogen and oxygen atoms in total. The van der Waals surface area contributed by atoms with Crippen molar-refractivity contribution in [3.05, 3.63) is 52.1 Å². The van der Waals surface area contributed by atoms with E-state index in [4.69, 9.17) is 0 Å². The summed E-state index contributed by atoms with van der Waals surface area (Å²) in [6, 6.07) is 10.0. The van der Waals surface area contributed by atoms with Gasteiger partial charge in [-0.3, -0.25) is 9.36 Å². The molecule has 0 amide bonds. The Morgan fingerprint density at radius 1 is 1.19 bits per heavy atom. The van der Waals surface area contributed by atoms with Gasteiger partial charge in [0.2, 0.25) is 5.95 Å². The number of hydrogen-bond donors (Lipinski definition) is 2. The highest BCUT2D eigenvalue weighted by Gasteiger charge is 2.34. The zero-order chi connectivity index (χ0) is 19.0. The molecule has 0 unspecified atom stereocenters. The van der Waals surface area contributed by atoms with Crippen molar-refractivity contribution in [3.8, 4) is 0 Å². The second-order valence-electron chi connectivity index (χ2n) is 7.47. The Morgan fingerprint density at radius 3 is 2.56 bits per heavy atom. The van der Waals surface area contributed by atoms with E-state index < -0.39 is 5.54 Å². The Balaban J connectivity index is 1.78. The van der Waals surface area contributed by atoms with Crippen LogP contribution in [0, 0.1) is 6.92 Å². The van der Waals surface area contributed by atoms with E-state index in [-0.39, 0.29) is 12.2 Å². The molecule has 1 saturated carbocycles. The number of nitrogens with one attached hydrogen (secondary N) is 1. The number of aromatic nitrogens is 4. The fraction of sp³-hybridized carbons (Fsp3) is 0.450. The fourth-order valence-electron chi connectivity index (χ4n) is 3.95. The molecule has 3 aromatic rings. The minimum absolute atomic E-state index is 0.0301. The average Bonchev–Trinajstić information content (AvgIpc) is 3.26. The van der Waals surface area contributed by atoms with Crippen LogP contribution >= 0.6 is 0 Å². The smallest absolute Gasteiger partial charge is 0.280 e. The van der Waals surface area contributed by atoms with Gasteiger partial charge in [-0.05, 0) is 25.3 Å². The normalized spacial score (nSPS) is 16.1. The van der Waals surface area contributed by atoms with E-state index in [1.54, 1.807) is 7.05 Å². The molecule has 0 saturated heterocycles. The first-order chi connectivity index (χ1) is 13.0. The van der Waals surface area contributed by atoms with Gasteiger partial charge in [0.1, 0.15) is 5.82 Å². The molecule has 1 aliphatic rings. The largest absolute Gasteiger partial charge is 0.394 e. The molecule has 0 spiro atoms. The van der Waals surface area contributed by atoms with Gasteiger partial charge in [0.05, 0.1) is 12.1 Å². The van der Waals surface area contributed by atoms with E-state index in [1.165, 1.54) is 4.57 Å². The molecule has 2 aromatic heterocycles.